The number of hydrogen-bond donors (Lipinski definition) is 0. The molecule has 0 atom stereocenters. The smallest absolute Gasteiger partial charge is 0.103 e. The lowest BCUT2D eigenvalue weighted by molar-refractivity contribution is 0.516. The molecule has 0 spiro atoms. The Kier molecular flexibility index (Phi) is 14.9. The molecule has 1 heteroatoms. The van der Waals surface area contributed by atoms with Gasteiger partial charge in [-0.25, -0.2) is 0 Å². The van der Waals surface area contributed by atoms with E-state index in [0.29, 0.717) is 0 Å². The van der Waals surface area contributed by atoms with Crippen molar-refractivity contribution in [2.75, 3.05) is 0 Å². The second-order valence-electron chi connectivity index (χ2n) is 2.14. The molecule has 0 fully saturated rings. The maximum absolute atomic E-state index is 4.98. The summed E-state index contributed by atoms with van der Waals surface area (Å²) in [6, 6.07) is 3.87. The first kappa shape index (κ1) is 13.8. The van der Waals surface area contributed by atoms with Gasteiger partial charge in [0.1, 0.15) is 5.76 Å². The molecule has 0 aliphatic rings. The first-order valence-corrected chi connectivity index (χ1v) is 4.87. The molecule has 72 valence electrons. The number of hydrogen-bond acceptors (Lipinski definition) is 1. The van der Waals surface area contributed by atoms with Gasteiger partial charge in [-0.05, 0) is 12.1 Å². The number of rotatable bonds is 1. The van der Waals surface area contributed by atoms with Crippen molar-refractivity contribution >= 4 is 0 Å². The highest BCUT2D eigenvalue weighted by Crippen LogP contribution is 1.98. The summed E-state index contributed by atoms with van der Waals surface area (Å²) in [5, 5.41) is 0. The van der Waals surface area contributed by atoms with E-state index in [1.807, 2.05) is 26.0 Å². The average Bonchev–Trinajstić information content (AvgIpc) is 2.61. The van der Waals surface area contributed by atoms with E-state index in [1.54, 1.807) is 6.26 Å². The molecule has 0 saturated heterocycles. The average molecular weight is 170 g/mol. The topological polar surface area (TPSA) is 13.1 Å². The van der Waals surface area contributed by atoms with Crippen LogP contribution in [0, 0.1) is 0 Å². The number of aryl methyl sites for hydroxylation is 1. The van der Waals surface area contributed by atoms with Gasteiger partial charge in [-0.15, -0.1) is 0 Å². The van der Waals surface area contributed by atoms with E-state index < -0.39 is 0 Å². The van der Waals surface area contributed by atoms with E-state index in [-0.39, 0.29) is 0 Å². The van der Waals surface area contributed by atoms with Crippen LogP contribution in [0.25, 0.3) is 0 Å². The summed E-state index contributed by atoms with van der Waals surface area (Å²) >= 11 is 0. The summed E-state index contributed by atoms with van der Waals surface area (Å²) in [5.41, 5.74) is 0. The van der Waals surface area contributed by atoms with Gasteiger partial charge in [0.15, 0.2) is 0 Å². The Labute approximate surface area is 76.8 Å². The van der Waals surface area contributed by atoms with E-state index in [1.165, 1.54) is 6.42 Å². The van der Waals surface area contributed by atoms with Crippen LogP contribution in [-0.2, 0) is 6.42 Å². The fraction of sp³-hybridized carbons (Fsp3) is 0.636. The van der Waals surface area contributed by atoms with Gasteiger partial charge in [0.05, 0.1) is 6.26 Å². The third-order valence-corrected chi connectivity index (χ3v) is 0.929. The van der Waals surface area contributed by atoms with Crippen molar-refractivity contribution in [3.8, 4) is 0 Å². The Morgan fingerprint density at radius 3 is 1.83 bits per heavy atom. The standard InChI is InChI=1S/C6H8O.C3H8.C2H6/c1-2-6-4-3-5-7-6;1-3-2;1-2/h3-5H,2H2,1H3;3H2,1-2H3;1-2H3. The van der Waals surface area contributed by atoms with Crippen LogP contribution in [0.4, 0.5) is 0 Å². The quantitative estimate of drug-likeness (QED) is 0.613. The van der Waals surface area contributed by atoms with Gasteiger partial charge >= 0.3 is 0 Å². The highest BCUT2D eigenvalue weighted by Gasteiger charge is 1.84. The van der Waals surface area contributed by atoms with Gasteiger partial charge in [0.25, 0.3) is 0 Å². The normalized spacial score (nSPS) is 7.42. The Morgan fingerprint density at radius 1 is 1.17 bits per heavy atom. The number of furan rings is 1. The maximum atomic E-state index is 4.98. The molecule has 0 aromatic carbocycles. The summed E-state index contributed by atoms with van der Waals surface area (Å²) in [4.78, 5) is 0. The highest BCUT2D eigenvalue weighted by molar-refractivity contribution is 4.96. The van der Waals surface area contributed by atoms with Crippen molar-refractivity contribution < 1.29 is 4.42 Å². The fourth-order valence-corrected chi connectivity index (χ4v) is 0.514. The lowest BCUT2D eigenvalue weighted by atomic mass is 10.4. The Morgan fingerprint density at radius 2 is 1.67 bits per heavy atom. The minimum absolute atomic E-state index is 0.993. The van der Waals surface area contributed by atoms with Gasteiger partial charge in [-0.1, -0.05) is 41.0 Å². The van der Waals surface area contributed by atoms with Crippen LogP contribution in [0.15, 0.2) is 22.8 Å². The van der Waals surface area contributed by atoms with Crippen LogP contribution in [0.2, 0.25) is 0 Å². The van der Waals surface area contributed by atoms with Gasteiger partial charge in [0, 0.05) is 6.42 Å². The van der Waals surface area contributed by atoms with E-state index in [4.69, 9.17) is 4.42 Å². The molecule has 0 radical (unpaired) electrons. The summed E-state index contributed by atoms with van der Waals surface area (Å²) < 4.78 is 4.98. The Hall–Kier alpha value is -0.720. The molecule has 0 aliphatic heterocycles. The van der Waals surface area contributed by atoms with Crippen molar-refractivity contribution in [1.82, 2.24) is 0 Å². The van der Waals surface area contributed by atoms with Crippen LogP contribution >= 0.6 is 0 Å². The first-order chi connectivity index (χ1) is 5.85. The zero-order valence-electron chi connectivity index (χ0n) is 9.05. The molecule has 1 heterocycles. The Bertz CT molecular complexity index is 131. The van der Waals surface area contributed by atoms with E-state index in [9.17, 15) is 0 Å². The fourth-order valence-electron chi connectivity index (χ4n) is 0.514. The van der Waals surface area contributed by atoms with Crippen LogP contribution < -0.4 is 0 Å². The van der Waals surface area contributed by atoms with Crippen molar-refractivity contribution in [1.29, 1.82) is 0 Å². The third-order valence-electron chi connectivity index (χ3n) is 0.929. The molecule has 0 bridgehead atoms. The first-order valence-electron chi connectivity index (χ1n) is 4.87. The minimum Gasteiger partial charge on any atom is -0.469 e. The molecule has 1 aromatic heterocycles. The maximum Gasteiger partial charge on any atom is 0.103 e. The second-order valence-corrected chi connectivity index (χ2v) is 2.14. The van der Waals surface area contributed by atoms with Crippen molar-refractivity contribution in [3.63, 3.8) is 0 Å². The monoisotopic (exact) mass is 170 g/mol. The van der Waals surface area contributed by atoms with Gasteiger partial charge in [-0.2, -0.15) is 0 Å². The highest BCUT2D eigenvalue weighted by atomic mass is 16.3. The van der Waals surface area contributed by atoms with Crippen molar-refractivity contribution in [2.45, 2.75) is 47.5 Å². The minimum atomic E-state index is 0.993. The second kappa shape index (κ2) is 12.9. The van der Waals surface area contributed by atoms with Crippen molar-refractivity contribution in [2.24, 2.45) is 0 Å². The van der Waals surface area contributed by atoms with Gasteiger partial charge in [-0.3, -0.25) is 0 Å². The molecule has 0 unspecified atom stereocenters. The molecular weight excluding hydrogens is 148 g/mol. The zero-order valence-corrected chi connectivity index (χ0v) is 9.05. The molecule has 0 N–H and O–H groups in total. The zero-order chi connectivity index (χ0) is 9.82. The molecule has 1 aromatic rings. The molecule has 1 rings (SSSR count). The third kappa shape index (κ3) is 9.28. The molecule has 12 heavy (non-hydrogen) atoms. The molecular formula is C11H22O. The van der Waals surface area contributed by atoms with Gasteiger partial charge < -0.3 is 4.42 Å². The van der Waals surface area contributed by atoms with Crippen LogP contribution in [-0.4, -0.2) is 0 Å². The predicted octanol–water partition coefficient (Wildman–Crippen LogP) is 4.28. The SMILES string of the molecule is CC.CCC.CCc1ccco1. The van der Waals surface area contributed by atoms with E-state index >= 15 is 0 Å². The van der Waals surface area contributed by atoms with Gasteiger partial charge in [0.2, 0.25) is 0 Å². The van der Waals surface area contributed by atoms with Crippen LogP contribution in [0.1, 0.15) is 46.8 Å². The lowest BCUT2D eigenvalue weighted by Gasteiger charge is -1.79. The molecule has 1 nitrogen and oxygen atoms in total. The van der Waals surface area contributed by atoms with E-state index in [2.05, 4.69) is 20.8 Å². The predicted molar refractivity (Wildman–Crippen MR) is 55.4 cm³/mol. The molecule has 0 saturated carbocycles. The van der Waals surface area contributed by atoms with E-state index in [0.717, 1.165) is 12.2 Å². The summed E-state index contributed by atoms with van der Waals surface area (Å²) in [5.74, 6) is 1.06. The summed E-state index contributed by atoms with van der Waals surface area (Å²) in [6.07, 6.45) is 3.94. The van der Waals surface area contributed by atoms with Crippen LogP contribution in [0.3, 0.4) is 0 Å². The summed E-state index contributed by atoms with van der Waals surface area (Å²) in [6.45, 7) is 10.3. The molecule has 0 amide bonds. The lowest BCUT2D eigenvalue weighted by Crippen LogP contribution is -1.66. The Balaban J connectivity index is 0. The van der Waals surface area contributed by atoms with Crippen molar-refractivity contribution in [3.05, 3.63) is 24.2 Å². The largest absolute Gasteiger partial charge is 0.469 e. The molecule has 0 aliphatic carbocycles. The van der Waals surface area contributed by atoms with Crippen LogP contribution in [0.5, 0.6) is 0 Å². The summed E-state index contributed by atoms with van der Waals surface area (Å²) in [7, 11) is 0.